The SMILES string of the molecule is CCCCN(Cc1cccn1C)C(=O)CN(C(=O)Nc1cccc(Cl)c1)[C@@H](C)CC. The maximum atomic E-state index is 13.2. The van der Waals surface area contributed by atoms with Crippen LogP contribution in [0.2, 0.25) is 5.02 Å². The number of benzene rings is 1. The molecule has 0 fully saturated rings. The van der Waals surface area contributed by atoms with Crippen molar-refractivity contribution >= 4 is 29.2 Å². The summed E-state index contributed by atoms with van der Waals surface area (Å²) in [5.41, 5.74) is 1.68. The Labute approximate surface area is 184 Å². The summed E-state index contributed by atoms with van der Waals surface area (Å²) in [4.78, 5) is 29.6. The van der Waals surface area contributed by atoms with E-state index in [4.69, 9.17) is 11.6 Å². The number of carbonyl (C=O) groups is 2. The van der Waals surface area contributed by atoms with E-state index in [9.17, 15) is 9.59 Å². The number of urea groups is 1. The molecule has 0 aliphatic carbocycles. The lowest BCUT2D eigenvalue weighted by molar-refractivity contribution is -0.133. The highest BCUT2D eigenvalue weighted by Crippen LogP contribution is 2.17. The minimum absolute atomic E-state index is 0.0372. The van der Waals surface area contributed by atoms with Crippen LogP contribution in [0.25, 0.3) is 0 Å². The first-order chi connectivity index (χ1) is 14.3. The van der Waals surface area contributed by atoms with Gasteiger partial charge in [0.1, 0.15) is 6.54 Å². The van der Waals surface area contributed by atoms with Gasteiger partial charge in [0.15, 0.2) is 0 Å². The molecule has 6 nitrogen and oxygen atoms in total. The van der Waals surface area contributed by atoms with Crippen molar-refractivity contribution in [2.24, 2.45) is 7.05 Å². The molecule has 0 aliphatic heterocycles. The number of anilines is 1. The number of carbonyl (C=O) groups excluding carboxylic acids is 2. The van der Waals surface area contributed by atoms with Crippen LogP contribution in [0, 0.1) is 0 Å². The van der Waals surface area contributed by atoms with Crippen LogP contribution in [0.15, 0.2) is 42.6 Å². The lowest BCUT2D eigenvalue weighted by atomic mass is 10.2. The van der Waals surface area contributed by atoms with Crippen molar-refractivity contribution in [3.8, 4) is 0 Å². The molecule has 0 radical (unpaired) electrons. The topological polar surface area (TPSA) is 57.6 Å². The monoisotopic (exact) mass is 432 g/mol. The molecule has 1 atom stereocenters. The van der Waals surface area contributed by atoms with E-state index in [1.807, 2.05) is 48.7 Å². The van der Waals surface area contributed by atoms with Crippen LogP contribution in [0.5, 0.6) is 0 Å². The Morgan fingerprint density at radius 3 is 2.57 bits per heavy atom. The first-order valence-corrected chi connectivity index (χ1v) is 10.9. The molecular formula is C23H33ClN4O2. The highest BCUT2D eigenvalue weighted by Gasteiger charge is 2.25. The fourth-order valence-electron chi connectivity index (χ4n) is 3.15. The van der Waals surface area contributed by atoms with Crippen molar-refractivity contribution in [3.63, 3.8) is 0 Å². The van der Waals surface area contributed by atoms with Gasteiger partial charge >= 0.3 is 6.03 Å². The van der Waals surface area contributed by atoms with E-state index in [2.05, 4.69) is 12.2 Å². The second-order valence-electron chi connectivity index (χ2n) is 7.60. The predicted octanol–water partition coefficient (Wildman–Crippen LogP) is 5.14. The van der Waals surface area contributed by atoms with Gasteiger partial charge in [0.05, 0.1) is 6.54 Å². The molecule has 7 heteroatoms. The third-order valence-corrected chi connectivity index (χ3v) is 5.54. The normalized spacial score (nSPS) is 11.8. The third kappa shape index (κ3) is 6.80. The second kappa shape index (κ2) is 11.6. The zero-order chi connectivity index (χ0) is 22.1. The largest absolute Gasteiger partial charge is 0.353 e. The summed E-state index contributed by atoms with van der Waals surface area (Å²) in [6, 6.07) is 10.6. The molecule has 164 valence electrons. The fraction of sp³-hybridized carbons (Fsp3) is 0.478. The molecule has 2 rings (SSSR count). The molecule has 30 heavy (non-hydrogen) atoms. The number of rotatable bonds is 10. The summed E-state index contributed by atoms with van der Waals surface area (Å²) < 4.78 is 2.02. The number of amides is 3. The van der Waals surface area contributed by atoms with E-state index in [1.54, 1.807) is 29.2 Å². The maximum absolute atomic E-state index is 13.2. The number of nitrogens with one attached hydrogen (secondary N) is 1. The molecular weight excluding hydrogens is 400 g/mol. The molecule has 0 saturated carbocycles. The third-order valence-electron chi connectivity index (χ3n) is 5.30. The minimum atomic E-state index is -0.297. The highest BCUT2D eigenvalue weighted by molar-refractivity contribution is 6.30. The number of aryl methyl sites for hydroxylation is 1. The van der Waals surface area contributed by atoms with Crippen molar-refractivity contribution < 1.29 is 9.59 Å². The Morgan fingerprint density at radius 1 is 1.20 bits per heavy atom. The van der Waals surface area contributed by atoms with Gasteiger partial charge in [-0.3, -0.25) is 4.79 Å². The molecule has 1 aromatic carbocycles. The Bertz CT molecular complexity index is 836. The first kappa shape index (κ1) is 23.8. The molecule has 0 saturated heterocycles. The van der Waals surface area contributed by atoms with E-state index in [0.29, 0.717) is 23.8 Å². The molecule has 0 spiro atoms. The fourth-order valence-corrected chi connectivity index (χ4v) is 3.34. The average Bonchev–Trinajstić information content (AvgIpc) is 3.12. The maximum Gasteiger partial charge on any atom is 0.322 e. The van der Waals surface area contributed by atoms with Gasteiger partial charge in [-0.25, -0.2) is 4.79 Å². The summed E-state index contributed by atoms with van der Waals surface area (Å²) in [5, 5.41) is 3.42. The van der Waals surface area contributed by atoms with Gasteiger partial charge < -0.3 is 19.7 Å². The van der Waals surface area contributed by atoms with E-state index >= 15 is 0 Å². The van der Waals surface area contributed by atoms with Crippen LogP contribution in [-0.2, 0) is 18.4 Å². The number of hydrogen-bond donors (Lipinski definition) is 1. The lowest BCUT2D eigenvalue weighted by Gasteiger charge is -2.31. The van der Waals surface area contributed by atoms with Crippen LogP contribution in [0.3, 0.4) is 0 Å². The smallest absolute Gasteiger partial charge is 0.322 e. The van der Waals surface area contributed by atoms with Gasteiger partial charge in [-0.2, -0.15) is 0 Å². The van der Waals surface area contributed by atoms with Crippen LogP contribution in [-0.4, -0.2) is 45.4 Å². The molecule has 0 bridgehead atoms. The highest BCUT2D eigenvalue weighted by atomic mass is 35.5. The standard InChI is InChI=1S/C23H33ClN4O2/c1-5-7-14-27(16-21-12-9-13-26(21)4)22(29)17-28(18(3)6-2)23(30)25-20-11-8-10-19(24)15-20/h8-13,15,18H,5-7,14,16-17H2,1-4H3,(H,25,30)/t18-/m0/s1. The van der Waals surface area contributed by atoms with Gasteiger partial charge in [-0.05, 0) is 50.1 Å². The second-order valence-corrected chi connectivity index (χ2v) is 8.04. The van der Waals surface area contributed by atoms with Gasteiger partial charge in [0.25, 0.3) is 0 Å². The van der Waals surface area contributed by atoms with Gasteiger partial charge in [-0.15, -0.1) is 0 Å². The molecule has 1 aromatic heterocycles. The van der Waals surface area contributed by atoms with Crippen molar-refractivity contribution in [1.82, 2.24) is 14.4 Å². The van der Waals surface area contributed by atoms with Crippen molar-refractivity contribution in [2.45, 2.75) is 52.6 Å². The van der Waals surface area contributed by atoms with Gasteiger partial charge in [0, 0.05) is 42.2 Å². The van der Waals surface area contributed by atoms with E-state index in [0.717, 1.165) is 25.0 Å². The number of halogens is 1. The van der Waals surface area contributed by atoms with Crippen molar-refractivity contribution in [1.29, 1.82) is 0 Å². The Balaban J connectivity index is 2.14. The molecule has 2 aromatic rings. The predicted molar refractivity (Wildman–Crippen MR) is 123 cm³/mol. The molecule has 3 amide bonds. The quantitative estimate of drug-likeness (QED) is 0.565. The van der Waals surface area contributed by atoms with Crippen molar-refractivity contribution in [3.05, 3.63) is 53.3 Å². The van der Waals surface area contributed by atoms with Crippen LogP contribution in [0.1, 0.15) is 45.7 Å². The van der Waals surface area contributed by atoms with E-state index < -0.39 is 0 Å². The number of aromatic nitrogens is 1. The number of nitrogens with zero attached hydrogens (tertiary/aromatic N) is 3. The number of hydrogen-bond acceptors (Lipinski definition) is 2. The average molecular weight is 433 g/mol. The van der Waals surface area contributed by atoms with Crippen LogP contribution < -0.4 is 5.32 Å². The Morgan fingerprint density at radius 2 is 1.97 bits per heavy atom. The van der Waals surface area contributed by atoms with Crippen LogP contribution >= 0.6 is 11.6 Å². The Hall–Kier alpha value is -2.47. The van der Waals surface area contributed by atoms with Crippen LogP contribution in [0.4, 0.5) is 10.5 Å². The summed E-state index contributed by atoms with van der Waals surface area (Å²) in [7, 11) is 1.97. The molecule has 1 heterocycles. The molecule has 1 N–H and O–H groups in total. The van der Waals surface area contributed by atoms with Crippen molar-refractivity contribution in [2.75, 3.05) is 18.4 Å². The molecule has 0 aliphatic rings. The molecule has 0 unspecified atom stereocenters. The first-order valence-electron chi connectivity index (χ1n) is 10.6. The zero-order valence-electron chi connectivity index (χ0n) is 18.4. The summed E-state index contributed by atoms with van der Waals surface area (Å²) in [6.07, 6.45) is 4.65. The van der Waals surface area contributed by atoms with Gasteiger partial charge in [-0.1, -0.05) is 37.9 Å². The minimum Gasteiger partial charge on any atom is -0.353 e. The zero-order valence-corrected chi connectivity index (χ0v) is 19.2. The van der Waals surface area contributed by atoms with E-state index in [1.165, 1.54) is 0 Å². The van der Waals surface area contributed by atoms with Gasteiger partial charge in [0.2, 0.25) is 5.91 Å². The summed E-state index contributed by atoms with van der Waals surface area (Å²) >= 11 is 6.02. The summed E-state index contributed by atoms with van der Waals surface area (Å²) in [6.45, 7) is 7.31. The van der Waals surface area contributed by atoms with E-state index in [-0.39, 0.29) is 24.5 Å². The lowest BCUT2D eigenvalue weighted by Crippen LogP contribution is -2.48. The number of unbranched alkanes of at least 4 members (excludes halogenated alkanes) is 1. The Kier molecular flexibility index (Phi) is 9.24. The summed E-state index contributed by atoms with van der Waals surface area (Å²) in [5.74, 6) is -0.0498.